The van der Waals surface area contributed by atoms with E-state index < -0.39 is 5.91 Å². The molecule has 3 aromatic heterocycles. The summed E-state index contributed by atoms with van der Waals surface area (Å²) in [4.78, 5) is 33.5. The largest absolute Gasteiger partial charge is 0.306 e. The van der Waals surface area contributed by atoms with E-state index in [0.717, 1.165) is 11.1 Å². The molecule has 6 heteroatoms. The molecular formula is C17H16N4O2. The van der Waals surface area contributed by atoms with Gasteiger partial charge in [-0.25, -0.2) is 9.97 Å². The van der Waals surface area contributed by atoms with Crippen molar-refractivity contribution in [1.29, 1.82) is 0 Å². The van der Waals surface area contributed by atoms with Crippen LogP contribution in [0.5, 0.6) is 0 Å². The number of anilines is 1. The van der Waals surface area contributed by atoms with E-state index >= 15 is 0 Å². The summed E-state index contributed by atoms with van der Waals surface area (Å²) in [7, 11) is 0. The highest BCUT2D eigenvalue weighted by Crippen LogP contribution is 2.12. The monoisotopic (exact) mass is 308 g/mol. The Morgan fingerprint density at radius 3 is 2.83 bits per heavy atom. The number of carbonyl (C=O) groups is 1. The Bertz CT molecular complexity index is 947. The lowest BCUT2D eigenvalue weighted by atomic mass is 10.2. The zero-order valence-corrected chi connectivity index (χ0v) is 12.9. The molecule has 3 heterocycles. The zero-order chi connectivity index (χ0) is 16.4. The molecule has 6 nitrogen and oxygen atoms in total. The first kappa shape index (κ1) is 14.9. The van der Waals surface area contributed by atoms with Crippen LogP contribution >= 0.6 is 0 Å². The molecule has 3 aromatic rings. The predicted molar refractivity (Wildman–Crippen MR) is 88.6 cm³/mol. The van der Waals surface area contributed by atoms with Crippen LogP contribution in [-0.2, 0) is 6.54 Å². The minimum atomic E-state index is -0.471. The second kappa shape index (κ2) is 6.00. The van der Waals surface area contributed by atoms with E-state index in [1.54, 1.807) is 30.5 Å². The Morgan fingerprint density at radius 2 is 2.09 bits per heavy atom. The van der Waals surface area contributed by atoms with E-state index in [2.05, 4.69) is 15.3 Å². The molecule has 0 aliphatic heterocycles. The Kier molecular flexibility index (Phi) is 3.89. The standard InChI is InChI=1S/C17H16N4O2/c1-3-21-15-12(7-5-9-18-15)10-13(17(21)23)16(22)20-14-8-4-6-11(2)19-14/h4-10H,3H2,1-2H3,(H,19,20,22). The van der Waals surface area contributed by atoms with Crippen molar-refractivity contribution < 1.29 is 4.79 Å². The van der Waals surface area contributed by atoms with Crippen molar-refractivity contribution in [1.82, 2.24) is 14.5 Å². The molecule has 0 aromatic carbocycles. The fourth-order valence-corrected chi connectivity index (χ4v) is 2.46. The van der Waals surface area contributed by atoms with Crippen LogP contribution in [0.15, 0.2) is 47.4 Å². The van der Waals surface area contributed by atoms with E-state index in [4.69, 9.17) is 0 Å². The highest BCUT2D eigenvalue weighted by atomic mass is 16.2. The molecule has 1 N–H and O–H groups in total. The molecule has 3 rings (SSSR count). The van der Waals surface area contributed by atoms with Gasteiger partial charge in [0.1, 0.15) is 17.0 Å². The molecule has 0 saturated heterocycles. The molecule has 0 fully saturated rings. The van der Waals surface area contributed by atoms with Gasteiger partial charge in [0.25, 0.3) is 11.5 Å². The predicted octanol–water partition coefficient (Wildman–Crippen LogP) is 2.37. The average molecular weight is 308 g/mol. The number of nitrogens with zero attached hydrogens (tertiary/aromatic N) is 3. The molecule has 0 atom stereocenters. The Hall–Kier alpha value is -3.02. The lowest BCUT2D eigenvalue weighted by Gasteiger charge is -2.10. The molecule has 0 spiro atoms. The van der Waals surface area contributed by atoms with Gasteiger partial charge in [-0.15, -0.1) is 0 Å². The zero-order valence-electron chi connectivity index (χ0n) is 12.9. The molecule has 0 radical (unpaired) electrons. The van der Waals surface area contributed by atoms with Gasteiger partial charge in [0, 0.05) is 23.8 Å². The maximum absolute atomic E-state index is 12.6. The van der Waals surface area contributed by atoms with Crippen LogP contribution < -0.4 is 10.9 Å². The number of fused-ring (bicyclic) bond motifs is 1. The van der Waals surface area contributed by atoms with E-state index in [0.29, 0.717) is 18.0 Å². The fraction of sp³-hybridized carbons (Fsp3) is 0.176. The molecule has 116 valence electrons. The van der Waals surface area contributed by atoms with E-state index in [9.17, 15) is 9.59 Å². The summed E-state index contributed by atoms with van der Waals surface area (Å²) in [6.07, 6.45) is 1.63. The van der Waals surface area contributed by atoms with E-state index in [1.807, 2.05) is 26.0 Å². The van der Waals surface area contributed by atoms with Crippen molar-refractivity contribution in [3.63, 3.8) is 0 Å². The summed E-state index contributed by atoms with van der Waals surface area (Å²) in [5, 5.41) is 3.42. The summed E-state index contributed by atoms with van der Waals surface area (Å²) < 4.78 is 1.49. The third kappa shape index (κ3) is 2.83. The first-order chi connectivity index (χ1) is 11.1. The summed E-state index contributed by atoms with van der Waals surface area (Å²) >= 11 is 0. The van der Waals surface area contributed by atoms with Crippen molar-refractivity contribution in [2.24, 2.45) is 0 Å². The van der Waals surface area contributed by atoms with Crippen molar-refractivity contribution in [3.8, 4) is 0 Å². The normalized spacial score (nSPS) is 10.7. The van der Waals surface area contributed by atoms with Gasteiger partial charge in [-0.2, -0.15) is 0 Å². The maximum atomic E-state index is 12.6. The molecular weight excluding hydrogens is 292 g/mol. The lowest BCUT2D eigenvalue weighted by molar-refractivity contribution is 0.102. The number of hydrogen-bond donors (Lipinski definition) is 1. The van der Waals surface area contributed by atoms with Crippen LogP contribution in [0, 0.1) is 6.92 Å². The van der Waals surface area contributed by atoms with Gasteiger partial charge < -0.3 is 5.32 Å². The maximum Gasteiger partial charge on any atom is 0.265 e. The number of nitrogens with one attached hydrogen (secondary N) is 1. The van der Waals surface area contributed by atoms with Gasteiger partial charge in [-0.1, -0.05) is 6.07 Å². The highest BCUT2D eigenvalue weighted by molar-refractivity contribution is 6.05. The second-order valence-electron chi connectivity index (χ2n) is 5.14. The van der Waals surface area contributed by atoms with Crippen LogP contribution in [0.1, 0.15) is 23.0 Å². The number of carbonyl (C=O) groups excluding carboxylic acids is 1. The molecule has 0 aliphatic carbocycles. The van der Waals surface area contributed by atoms with Crippen LogP contribution in [0.25, 0.3) is 11.0 Å². The SMILES string of the molecule is CCn1c(=O)c(C(=O)Nc2cccc(C)n2)cc2cccnc21. The van der Waals surface area contributed by atoms with Crippen LogP contribution in [0.4, 0.5) is 5.82 Å². The fourth-order valence-electron chi connectivity index (χ4n) is 2.46. The molecule has 0 unspecified atom stereocenters. The van der Waals surface area contributed by atoms with Gasteiger partial charge in [-0.05, 0) is 44.2 Å². The first-order valence-electron chi connectivity index (χ1n) is 7.33. The van der Waals surface area contributed by atoms with E-state index in [-0.39, 0.29) is 11.1 Å². The number of aryl methyl sites for hydroxylation is 2. The summed E-state index contributed by atoms with van der Waals surface area (Å²) in [5.74, 6) is -0.0511. The molecule has 23 heavy (non-hydrogen) atoms. The summed E-state index contributed by atoms with van der Waals surface area (Å²) in [6, 6.07) is 10.5. The highest BCUT2D eigenvalue weighted by Gasteiger charge is 2.16. The molecule has 0 bridgehead atoms. The lowest BCUT2D eigenvalue weighted by Crippen LogP contribution is -2.29. The smallest absolute Gasteiger partial charge is 0.265 e. The van der Waals surface area contributed by atoms with Gasteiger partial charge >= 0.3 is 0 Å². The Labute approximate surface area is 132 Å². The topological polar surface area (TPSA) is 76.9 Å². The third-order valence-electron chi connectivity index (χ3n) is 3.54. The van der Waals surface area contributed by atoms with Gasteiger partial charge in [0.05, 0.1) is 0 Å². The number of aromatic nitrogens is 3. The average Bonchev–Trinajstić information content (AvgIpc) is 2.54. The van der Waals surface area contributed by atoms with Crippen molar-refractivity contribution in [3.05, 3.63) is 64.2 Å². The number of pyridine rings is 3. The van der Waals surface area contributed by atoms with Crippen molar-refractivity contribution >= 4 is 22.8 Å². The number of hydrogen-bond acceptors (Lipinski definition) is 4. The second-order valence-corrected chi connectivity index (χ2v) is 5.14. The molecule has 0 aliphatic rings. The summed E-state index contributed by atoms with van der Waals surface area (Å²) in [6.45, 7) is 4.12. The van der Waals surface area contributed by atoms with Gasteiger partial charge in [0.2, 0.25) is 0 Å². The first-order valence-corrected chi connectivity index (χ1v) is 7.33. The minimum absolute atomic E-state index is 0.0793. The summed E-state index contributed by atoms with van der Waals surface area (Å²) in [5.41, 5.74) is 1.08. The van der Waals surface area contributed by atoms with Gasteiger partial charge in [0.15, 0.2) is 0 Å². The van der Waals surface area contributed by atoms with Crippen LogP contribution in [0.2, 0.25) is 0 Å². The van der Waals surface area contributed by atoms with E-state index in [1.165, 1.54) is 4.57 Å². The number of rotatable bonds is 3. The molecule has 1 amide bonds. The number of amides is 1. The van der Waals surface area contributed by atoms with Crippen LogP contribution in [-0.4, -0.2) is 20.4 Å². The van der Waals surface area contributed by atoms with Gasteiger partial charge in [-0.3, -0.25) is 14.2 Å². The quantitative estimate of drug-likeness (QED) is 0.806. The minimum Gasteiger partial charge on any atom is -0.306 e. The van der Waals surface area contributed by atoms with Crippen molar-refractivity contribution in [2.45, 2.75) is 20.4 Å². The Balaban J connectivity index is 2.07. The Morgan fingerprint density at radius 1 is 1.26 bits per heavy atom. The van der Waals surface area contributed by atoms with Crippen LogP contribution in [0.3, 0.4) is 0 Å². The molecule has 0 saturated carbocycles. The van der Waals surface area contributed by atoms with Crippen molar-refractivity contribution in [2.75, 3.05) is 5.32 Å². The third-order valence-corrected chi connectivity index (χ3v) is 3.54.